The van der Waals surface area contributed by atoms with Crippen molar-refractivity contribution in [2.45, 2.75) is 17.7 Å². The van der Waals surface area contributed by atoms with Gasteiger partial charge in [0.05, 0.1) is 5.75 Å². The van der Waals surface area contributed by atoms with E-state index in [4.69, 9.17) is 23.2 Å². The zero-order valence-corrected chi connectivity index (χ0v) is 8.51. The summed E-state index contributed by atoms with van der Waals surface area (Å²) in [4.78, 5) is 0. The van der Waals surface area contributed by atoms with Gasteiger partial charge in [0.25, 0.3) is 0 Å². The van der Waals surface area contributed by atoms with Gasteiger partial charge in [-0.3, -0.25) is 0 Å². The lowest BCUT2D eigenvalue weighted by Gasteiger charge is -1.99. The fourth-order valence-electron chi connectivity index (χ4n) is 0.875. The van der Waals surface area contributed by atoms with Gasteiger partial charge in [-0.1, -0.05) is 6.92 Å². The Morgan fingerprint density at radius 2 is 2.00 bits per heavy atom. The third-order valence-electron chi connectivity index (χ3n) is 1.85. The Balaban J connectivity index is 2.47. The third-order valence-corrected chi connectivity index (χ3v) is 4.57. The number of rotatable bonds is 3. The van der Waals surface area contributed by atoms with Crippen LogP contribution in [0.1, 0.15) is 13.3 Å². The van der Waals surface area contributed by atoms with Gasteiger partial charge in [0.1, 0.15) is 14.2 Å². The van der Waals surface area contributed by atoms with Gasteiger partial charge in [0, 0.05) is 11.7 Å². The van der Waals surface area contributed by atoms with Crippen molar-refractivity contribution >= 4 is 33.0 Å². The first-order valence-electron chi connectivity index (χ1n) is 3.45. The molecule has 0 radical (unpaired) electrons. The number of alkyl halides is 2. The first kappa shape index (κ1) is 9.62. The Morgan fingerprint density at radius 1 is 1.55 bits per heavy atom. The molecule has 1 rings (SSSR count). The van der Waals surface area contributed by atoms with Crippen molar-refractivity contribution in [3.8, 4) is 0 Å². The van der Waals surface area contributed by atoms with E-state index in [-0.39, 0.29) is 17.4 Å². The molecule has 0 unspecified atom stereocenters. The average Bonchev–Trinajstić information content (AvgIpc) is 2.39. The molecule has 0 saturated heterocycles. The van der Waals surface area contributed by atoms with Gasteiger partial charge >= 0.3 is 0 Å². The second-order valence-electron chi connectivity index (χ2n) is 2.86. The van der Waals surface area contributed by atoms with Gasteiger partial charge in [-0.15, -0.1) is 23.2 Å². The van der Waals surface area contributed by atoms with E-state index in [0.717, 1.165) is 0 Å². The molecule has 0 aromatic rings. The van der Waals surface area contributed by atoms with E-state index in [1.807, 2.05) is 0 Å². The lowest BCUT2D eigenvalue weighted by Crippen LogP contribution is -2.12. The molecule has 1 aliphatic carbocycles. The molecule has 1 fully saturated rings. The van der Waals surface area contributed by atoms with Crippen LogP contribution in [0.2, 0.25) is 0 Å². The lowest BCUT2D eigenvalue weighted by molar-refractivity contribution is 0.593. The molecule has 0 spiro atoms. The molecule has 0 heterocycles. The quantitative estimate of drug-likeness (QED) is 0.673. The summed E-state index contributed by atoms with van der Waals surface area (Å²) in [6.07, 6.45) is 0.606. The monoisotopic (exact) mass is 216 g/mol. The van der Waals surface area contributed by atoms with Gasteiger partial charge in [0.2, 0.25) is 0 Å². The predicted octanol–water partition coefficient (Wildman–Crippen LogP) is 1.61. The van der Waals surface area contributed by atoms with Gasteiger partial charge in [-0.05, 0) is 6.42 Å². The van der Waals surface area contributed by atoms with Crippen LogP contribution >= 0.6 is 23.2 Å². The van der Waals surface area contributed by atoms with Crippen LogP contribution < -0.4 is 0 Å². The normalized spacial score (nSPS) is 28.5. The van der Waals surface area contributed by atoms with Crippen LogP contribution in [0.25, 0.3) is 0 Å². The summed E-state index contributed by atoms with van der Waals surface area (Å²) < 4.78 is 21.3. The van der Waals surface area contributed by atoms with Crippen LogP contribution in [0.5, 0.6) is 0 Å². The van der Waals surface area contributed by atoms with Gasteiger partial charge < -0.3 is 0 Å². The van der Waals surface area contributed by atoms with E-state index < -0.39 is 14.2 Å². The molecule has 0 aromatic carbocycles. The summed E-state index contributed by atoms with van der Waals surface area (Å²) in [7, 11) is -2.90. The molecule has 0 bridgehead atoms. The van der Waals surface area contributed by atoms with Crippen LogP contribution in [0.4, 0.5) is 0 Å². The Hall–Kier alpha value is 0.530. The Bertz CT molecular complexity index is 245. The fraction of sp³-hybridized carbons (Fsp3) is 1.00. The van der Waals surface area contributed by atoms with Crippen molar-refractivity contribution in [2.24, 2.45) is 5.92 Å². The van der Waals surface area contributed by atoms with E-state index >= 15 is 0 Å². The van der Waals surface area contributed by atoms with Crippen molar-refractivity contribution in [1.29, 1.82) is 0 Å². The van der Waals surface area contributed by atoms with E-state index in [1.54, 1.807) is 6.92 Å². The average molecular weight is 217 g/mol. The topological polar surface area (TPSA) is 34.1 Å². The van der Waals surface area contributed by atoms with Crippen molar-refractivity contribution in [3.63, 3.8) is 0 Å². The van der Waals surface area contributed by atoms with Gasteiger partial charge in [-0.25, -0.2) is 8.42 Å². The lowest BCUT2D eigenvalue weighted by atomic mass is 10.5. The highest BCUT2D eigenvalue weighted by atomic mass is 35.5. The molecule has 0 amide bonds. The van der Waals surface area contributed by atoms with E-state index in [1.165, 1.54) is 0 Å². The summed E-state index contributed by atoms with van der Waals surface area (Å²) in [6.45, 7) is 1.63. The van der Waals surface area contributed by atoms with Crippen molar-refractivity contribution in [1.82, 2.24) is 0 Å². The minimum absolute atomic E-state index is 0.0456. The van der Waals surface area contributed by atoms with Crippen LogP contribution in [0.15, 0.2) is 0 Å². The molecule has 66 valence electrons. The van der Waals surface area contributed by atoms with Crippen LogP contribution in [-0.4, -0.2) is 24.3 Å². The van der Waals surface area contributed by atoms with Crippen LogP contribution in [0, 0.1) is 5.92 Å². The smallest absolute Gasteiger partial charge is 0.150 e. The maximum Gasteiger partial charge on any atom is 0.150 e. The van der Waals surface area contributed by atoms with Crippen molar-refractivity contribution in [2.75, 3.05) is 11.5 Å². The highest BCUT2D eigenvalue weighted by Gasteiger charge is 2.52. The number of hydrogen-bond acceptors (Lipinski definition) is 2. The number of halogens is 2. The van der Waals surface area contributed by atoms with Crippen molar-refractivity contribution in [3.05, 3.63) is 0 Å². The van der Waals surface area contributed by atoms with E-state index in [9.17, 15) is 8.42 Å². The summed E-state index contributed by atoms with van der Waals surface area (Å²) >= 11 is 11.3. The highest BCUT2D eigenvalue weighted by Crippen LogP contribution is 2.53. The zero-order chi connectivity index (χ0) is 8.70. The SMILES string of the molecule is CCS(=O)(=O)C[C@H]1CC1(Cl)Cl. The summed E-state index contributed by atoms with van der Waals surface area (Å²) in [5.41, 5.74) is 0. The van der Waals surface area contributed by atoms with Crippen LogP contribution in [0.3, 0.4) is 0 Å². The molecular formula is C6H10Cl2O2S. The van der Waals surface area contributed by atoms with Gasteiger partial charge in [0.15, 0.2) is 0 Å². The van der Waals surface area contributed by atoms with E-state index in [0.29, 0.717) is 6.42 Å². The Morgan fingerprint density at radius 3 is 2.27 bits per heavy atom. The number of sulfone groups is 1. The molecule has 2 nitrogen and oxygen atoms in total. The molecule has 1 aliphatic rings. The molecule has 0 aliphatic heterocycles. The van der Waals surface area contributed by atoms with Crippen molar-refractivity contribution < 1.29 is 8.42 Å². The fourth-order valence-corrected chi connectivity index (χ4v) is 2.84. The first-order valence-corrected chi connectivity index (χ1v) is 6.03. The third kappa shape index (κ3) is 2.49. The first-order chi connectivity index (χ1) is 4.87. The molecule has 1 saturated carbocycles. The molecule has 0 N–H and O–H groups in total. The molecule has 11 heavy (non-hydrogen) atoms. The standard InChI is InChI=1S/C6H10Cl2O2S/c1-2-11(9,10)4-5-3-6(5,7)8/h5H,2-4H2,1H3/t5-/m1/s1. The number of hydrogen-bond donors (Lipinski definition) is 0. The highest BCUT2D eigenvalue weighted by molar-refractivity contribution is 7.91. The molecule has 5 heteroatoms. The zero-order valence-electron chi connectivity index (χ0n) is 6.18. The molecular weight excluding hydrogens is 207 g/mol. The minimum Gasteiger partial charge on any atom is -0.229 e. The van der Waals surface area contributed by atoms with Crippen LogP contribution in [-0.2, 0) is 9.84 Å². The Labute approximate surface area is 76.8 Å². The minimum atomic E-state index is -2.90. The molecule has 1 atom stereocenters. The Kier molecular flexibility index (Phi) is 2.43. The van der Waals surface area contributed by atoms with E-state index in [2.05, 4.69) is 0 Å². The summed E-state index contributed by atoms with van der Waals surface area (Å²) in [5.74, 6) is 0.264. The second kappa shape index (κ2) is 2.79. The second-order valence-corrected chi connectivity index (χ2v) is 6.80. The molecule has 0 aromatic heterocycles. The maximum atomic E-state index is 11.0. The van der Waals surface area contributed by atoms with Gasteiger partial charge in [-0.2, -0.15) is 0 Å². The summed E-state index contributed by atoms with van der Waals surface area (Å²) in [6, 6.07) is 0. The largest absolute Gasteiger partial charge is 0.229 e. The maximum absolute atomic E-state index is 11.0. The predicted molar refractivity (Wildman–Crippen MR) is 46.9 cm³/mol. The summed E-state index contributed by atoms with van der Waals surface area (Å²) in [5, 5.41) is 0.